The quantitative estimate of drug-likeness (QED) is 0.488. The van der Waals surface area contributed by atoms with Crippen LogP contribution < -0.4 is 0 Å². The summed E-state index contributed by atoms with van der Waals surface area (Å²) in [6.45, 7) is 1.98. The molecule has 0 spiro atoms. The van der Waals surface area contributed by atoms with Crippen LogP contribution in [0, 0.1) is 5.92 Å². The third-order valence-electron chi connectivity index (χ3n) is 1.59. The Morgan fingerprint density at radius 1 is 1.62 bits per heavy atom. The van der Waals surface area contributed by atoms with Crippen molar-refractivity contribution in [3.05, 3.63) is 0 Å². The number of hydrogen-bond donors (Lipinski definition) is 0. The second kappa shape index (κ2) is 3.42. The molecule has 2 atom stereocenters. The van der Waals surface area contributed by atoms with Crippen molar-refractivity contribution in [1.29, 1.82) is 0 Å². The van der Waals surface area contributed by atoms with Crippen molar-refractivity contribution in [2.24, 2.45) is 5.92 Å². The first-order valence-corrected chi connectivity index (χ1v) is 4.03. The number of hydrogen-bond acceptors (Lipinski definition) is 1. The van der Waals surface area contributed by atoms with Gasteiger partial charge in [-0.1, -0.05) is 0 Å². The minimum Gasteiger partial charge on any atom is -0.381 e. The highest BCUT2D eigenvalue weighted by Crippen LogP contribution is 2.14. The highest BCUT2D eigenvalue weighted by atomic mass is 31.0. The maximum absolute atomic E-state index is 5.26. The molecule has 8 heavy (non-hydrogen) atoms. The van der Waals surface area contributed by atoms with Gasteiger partial charge in [-0.25, -0.2) is 0 Å². The van der Waals surface area contributed by atoms with E-state index in [1.54, 1.807) is 0 Å². The highest BCUT2D eigenvalue weighted by Gasteiger charge is 2.10. The molecule has 1 nitrogen and oxygen atoms in total. The van der Waals surface area contributed by atoms with Gasteiger partial charge in [-0.15, -0.1) is 9.24 Å². The van der Waals surface area contributed by atoms with E-state index in [0.717, 1.165) is 19.1 Å². The summed E-state index contributed by atoms with van der Waals surface area (Å²) >= 11 is 0. The zero-order chi connectivity index (χ0) is 5.82. The molecular formula is C6H13OP. The fourth-order valence-electron chi connectivity index (χ4n) is 0.993. The Morgan fingerprint density at radius 3 is 2.88 bits per heavy atom. The van der Waals surface area contributed by atoms with Crippen LogP contribution in [0.15, 0.2) is 0 Å². The molecule has 0 saturated carbocycles. The first-order chi connectivity index (χ1) is 3.93. The molecule has 0 radical (unpaired) electrons. The van der Waals surface area contributed by atoms with Gasteiger partial charge in [-0.3, -0.25) is 0 Å². The predicted octanol–water partition coefficient (Wildman–Crippen LogP) is 1.29. The van der Waals surface area contributed by atoms with Gasteiger partial charge < -0.3 is 4.74 Å². The van der Waals surface area contributed by atoms with Crippen molar-refractivity contribution >= 4 is 9.24 Å². The van der Waals surface area contributed by atoms with E-state index >= 15 is 0 Å². The normalized spacial score (nSPS) is 30.4. The molecule has 1 aliphatic heterocycles. The van der Waals surface area contributed by atoms with Crippen LogP contribution in [0.5, 0.6) is 0 Å². The van der Waals surface area contributed by atoms with Crippen LogP contribution in [0.4, 0.5) is 0 Å². The third-order valence-corrected chi connectivity index (χ3v) is 2.25. The Balaban J connectivity index is 2.13. The van der Waals surface area contributed by atoms with E-state index in [1.165, 1.54) is 19.0 Å². The summed E-state index contributed by atoms with van der Waals surface area (Å²) in [5.74, 6) is 0.828. The molecule has 1 saturated heterocycles. The SMILES string of the molecule is PCC1CCCOC1. The molecule has 1 heterocycles. The lowest BCUT2D eigenvalue weighted by molar-refractivity contribution is 0.0632. The Kier molecular flexibility index (Phi) is 2.78. The summed E-state index contributed by atoms with van der Waals surface area (Å²) in [6.07, 6.45) is 3.84. The molecule has 2 unspecified atom stereocenters. The Labute approximate surface area is 53.0 Å². The first-order valence-electron chi connectivity index (χ1n) is 3.21. The molecule has 1 rings (SSSR count). The topological polar surface area (TPSA) is 9.23 Å². The van der Waals surface area contributed by atoms with Gasteiger partial charge in [0.15, 0.2) is 0 Å². The summed E-state index contributed by atoms with van der Waals surface area (Å²) in [7, 11) is 2.77. The molecule has 0 amide bonds. The van der Waals surface area contributed by atoms with Crippen LogP contribution in [0.25, 0.3) is 0 Å². The smallest absolute Gasteiger partial charge is 0.0497 e. The molecule has 0 aromatic carbocycles. The maximum atomic E-state index is 5.26. The lowest BCUT2D eigenvalue weighted by Crippen LogP contribution is -2.17. The van der Waals surface area contributed by atoms with Gasteiger partial charge >= 0.3 is 0 Å². The molecule has 2 heteroatoms. The summed E-state index contributed by atoms with van der Waals surface area (Å²) in [6, 6.07) is 0. The Bertz CT molecular complexity index is 59.5. The number of rotatable bonds is 1. The molecular weight excluding hydrogens is 119 g/mol. The molecule has 1 fully saturated rings. The average Bonchev–Trinajstić information content (AvgIpc) is 1.90. The van der Waals surface area contributed by atoms with Crippen LogP contribution in [0.2, 0.25) is 0 Å². The van der Waals surface area contributed by atoms with Gasteiger partial charge in [0.2, 0.25) is 0 Å². The third kappa shape index (κ3) is 1.72. The van der Waals surface area contributed by atoms with Crippen LogP contribution in [-0.2, 0) is 4.74 Å². The van der Waals surface area contributed by atoms with E-state index in [2.05, 4.69) is 9.24 Å². The monoisotopic (exact) mass is 132 g/mol. The predicted molar refractivity (Wildman–Crippen MR) is 38.1 cm³/mol. The lowest BCUT2D eigenvalue weighted by Gasteiger charge is -2.19. The average molecular weight is 132 g/mol. The fraction of sp³-hybridized carbons (Fsp3) is 1.00. The summed E-state index contributed by atoms with van der Waals surface area (Å²) in [5.41, 5.74) is 0. The van der Waals surface area contributed by atoms with Gasteiger partial charge in [0.25, 0.3) is 0 Å². The van der Waals surface area contributed by atoms with Gasteiger partial charge in [-0.2, -0.15) is 0 Å². The van der Waals surface area contributed by atoms with Gasteiger partial charge in [-0.05, 0) is 24.9 Å². The van der Waals surface area contributed by atoms with Gasteiger partial charge in [0, 0.05) is 13.2 Å². The van der Waals surface area contributed by atoms with E-state index in [-0.39, 0.29) is 0 Å². The van der Waals surface area contributed by atoms with Crippen LogP contribution in [-0.4, -0.2) is 19.4 Å². The molecule has 0 aromatic heterocycles. The van der Waals surface area contributed by atoms with E-state index in [0.29, 0.717) is 0 Å². The second-order valence-corrected chi connectivity index (χ2v) is 2.79. The maximum Gasteiger partial charge on any atom is 0.0497 e. The van der Waals surface area contributed by atoms with Crippen molar-refractivity contribution in [3.63, 3.8) is 0 Å². The summed E-state index contributed by atoms with van der Waals surface area (Å²) < 4.78 is 5.26. The molecule has 1 aliphatic rings. The van der Waals surface area contributed by atoms with Crippen molar-refractivity contribution in [2.75, 3.05) is 19.4 Å². The van der Waals surface area contributed by atoms with Crippen LogP contribution >= 0.6 is 9.24 Å². The minimum absolute atomic E-state index is 0.828. The summed E-state index contributed by atoms with van der Waals surface area (Å²) in [5, 5.41) is 0. The van der Waals surface area contributed by atoms with Gasteiger partial charge in [0.1, 0.15) is 0 Å². The molecule has 0 aliphatic carbocycles. The van der Waals surface area contributed by atoms with Crippen molar-refractivity contribution in [3.8, 4) is 0 Å². The highest BCUT2D eigenvalue weighted by molar-refractivity contribution is 7.16. The standard InChI is InChI=1S/C6H13OP/c8-5-6-2-1-3-7-4-6/h6H,1-5,8H2. The first kappa shape index (κ1) is 6.51. The Morgan fingerprint density at radius 2 is 2.50 bits per heavy atom. The zero-order valence-corrected chi connectivity index (χ0v) is 6.25. The van der Waals surface area contributed by atoms with Gasteiger partial charge in [0.05, 0.1) is 0 Å². The number of ether oxygens (including phenoxy) is 1. The van der Waals surface area contributed by atoms with E-state index < -0.39 is 0 Å². The van der Waals surface area contributed by atoms with Crippen molar-refractivity contribution in [2.45, 2.75) is 12.8 Å². The van der Waals surface area contributed by atoms with E-state index in [9.17, 15) is 0 Å². The van der Waals surface area contributed by atoms with Crippen LogP contribution in [0.1, 0.15) is 12.8 Å². The molecule has 0 aromatic rings. The minimum atomic E-state index is 0.828. The summed E-state index contributed by atoms with van der Waals surface area (Å²) in [4.78, 5) is 0. The van der Waals surface area contributed by atoms with E-state index in [4.69, 9.17) is 4.74 Å². The Hall–Kier alpha value is 0.390. The van der Waals surface area contributed by atoms with Crippen molar-refractivity contribution in [1.82, 2.24) is 0 Å². The largest absolute Gasteiger partial charge is 0.381 e. The van der Waals surface area contributed by atoms with E-state index in [1.807, 2.05) is 0 Å². The molecule has 0 bridgehead atoms. The zero-order valence-electron chi connectivity index (χ0n) is 5.10. The van der Waals surface area contributed by atoms with Crippen LogP contribution in [0.3, 0.4) is 0 Å². The van der Waals surface area contributed by atoms with Crippen molar-refractivity contribution < 1.29 is 4.74 Å². The molecule has 48 valence electrons. The fourth-order valence-corrected chi connectivity index (χ4v) is 1.37. The molecule has 0 N–H and O–H groups in total. The second-order valence-electron chi connectivity index (χ2n) is 2.32. The lowest BCUT2D eigenvalue weighted by atomic mass is 10.1.